The van der Waals surface area contributed by atoms with Crippen molar-refractivity contribution < 1.29 is 33.5 Å². The fourth-order valence-corrected chi connectivity index (χ4v) is 2.46. The first-order chi connectivity index (χ1) is 10.9. The van der Waals surface area contributed by atoms with E-state index >= 15 is 0 Å². The number of hydrogen-bond donors (Lipinski definition) is 2. The summed E-state index contributed by atoms with van der Waals surface area (Å²) in [5, 5.41) is 14.9. The third-order valence-electron chi connectivity index (χ3n) is 3.71. The number of carbonyl (C=O) groups is 3. The topological polar surface area (TPSA) is 155 Å². The SMILES string of the molecule is C[C@@H](Oc1ccon1)[C@H]1C(=O)N[C@@H]1[C@@H](C)C(=O)C(=[N+]=[N-])C(=O)O. The molecule has 4 atom stereocenters. The molecule has 2 heterocycles. The van der Waals surface area contributed by atoms with Crippen molar-refractivity contribution in [2.75, 3.05) is 0 Å². The van der Waals surface area contributed by atoms with Crippen LogP contribution in [0.15, 0.2) is 16.9 Å². The third kappa shape index (κ3) is 3.11. The van der Waals surface area contributed by atoms with Gasteiger partial charge in [-0.25, -0.2) is 4.79 Å². The van der Waals surface area contributed by atoms with Crippen LogP contribution >= 0.6 is 0 Å². The van der Waals surface area contributed by atoms with Gasteiger partial charge in [0.15, 0.2) is 0 Å². The summed E-state index contributed by atoms with van der Waals surface area (Å²) < 4.78 is 10.1. The number of aromatic nitrogens is 1. The van der Waals surface area contributed by atoms with Crippen LogP contribution in [0.1, 0.15) is 13.8 Å². The zero-order valence-electron chi connectivity index (χ0n) is 12.3. The van der Waals surface area contributed by atoms with Crippen molar-refractivity contribution in [2.45, 2.75) is 26.0 Å². The molecule has 1 amide bonds. The number of ketones is 1. The molecule has 0 bridgehead atoms. The molecular weight excluding hydrogens is 308 g/mol. The van der Waals surface area contributed by atoms with Gasteiger partial charge in [0.1, 0.15) is 12.4 Å². The standard InChI is InChI=1S/C13H14N4O6/c1-5(11(18)10(16-14)13(20)21)9-8(12(19)15-9)6(2)23-7-3-4-22-17-7/h3-6,8-9H,1-2H3,(H,15,19)(H,20,21)/t5-,6-,8-,9-/m1/s1. The number of aliphatic carboxylic acids is 1. The van der Waals surface area contributed by atoms with Crippen molar-refractivity contribution in [1.29, 1.82) is 0 Å². The van der Waals surface area contributed by atoms with E-state index in [-0.39, 0.29) is 11.8 Å². The van der Waals surface area contributed by atoms with Gasteiger partial charge in [-0.1, -0.05) is 6.92 Å². The average molecular weight is 322 g/mol. The van der Waals surface area contributed by atoms with E-state index in [9.17, 15) is 14.4 Å². The fourth-order valence-electron chi connectivity index (χ4n) is 2.46. The van der Waals surface area contributed by atoms with Gasteiger partial charge in [-0.15, -0.1) is 0 Å². The summed E-state index contributed by atoms with van der Waals surface area (Å²) in [6, 6.07) is 0.824. The van der Waals surface area contributed by atoms with Gasteiger partial charge in [-0.2, -0.15) is 4.79 Å². The molecule has 1 aromatic rings. The molecule has 122 valence electrons. The van der Waals surface area contributed by atoms with Crippen LogP contribution in [0, 0.1) is 11.8 Å². The zero-order chi connectivity index (χ0) is 17.1. The molecule has 1 saturated heterocycles. The Bertz CT molecular complexity index is 679. The quantitative estimate of drug-likeness (QED) is 0.226. The smallest absolute Gasteiger partial charge is 0.441 e. The number of hydrogen-bond acceptors (Lipinski definition) is 6. The number of rotatable bonds is 7. The highest BCUT2D eigenvalue weighted by Crippen LogP contribution is 2.28. The van der Waals surface area contributed by atoms with E-state index in [1.165, 1.54) is 19.3 Å². The first-order valence-corrected chi connectivity index (χ1v) is 6.73. The van der Waals surface area contributed by atoms with Gasteiger partial charge >= 0.3 is 11.7 Å². The molecule has 0 radical (unpaired) electrons. The molecular formula is C13H14N4O6. The molecule has 0 unspecified atom stereocenters. The van der Waals surface area contributed by atoms with E-state index in [4.69, 9.17) is 15.4 Å². The summed E-state index contributed by atoms with van der Waals surface area (Å²) in [5.74, 6) is -4.24. The van der Waals surface area contributed by atoms with Gasteiger partial charge in [0.2, 0.25) is 5.91 Å². The van der Waals surface area contributed by atoms with Crippen LogP contribution in [0.3, 0.4) is 0 Å². The monoisotopic (exact) mass is 322 g/mol. The third-order valence-corrected chi connectivity index (χ3v) is 3.71. The molecule has 0 spiro atoms. The Morgan fingerprint density at radius 1 is 1.52 bits per heavy atom. The van der Waals surface area contributed by atoms with E-state index in [1.807, 2.05) is 0 Å². The molecule has 1 aliphatic heterocycles. The van der Waals surface area contributed by atoms with E-state index in [0.717, 1.165) is 0 Å². The molecule has 0 aromatic carbocycles. The number of carbonyl (C=O) groups excluding carboxylic acids is 2. The summed E-state index contributed by atoms with van der Waals surface area (Å²) in [5.41, 5.74) is 7.66. The summed E-state index contributed by atoms with van der Waals surface area (Å²) in [6.45, 7) is 3.07. The molecule has 10 nitrogen and oxygen atoms in total. The summed E-state index contributed by atoms with van der Waals surface area (Å²) in [4.78, 5) is 37.2. The molecule has 10 heteroatoms. The normalized spacial score (nSPS) is 22.1. The lowest BCUT2D eigenvalue weighted by atomic mass is 9.76. The van der Waals surface area contributed by atoms with E-state index < -0.39 is 41.4 Å². The van der Waals surface area contributed by atoms with Crippen molar-refractivity contribution in [1.82, 2.24) is 10.5 Å². The van der Waals surface area contributed by atoms with Crippen molar-refractivity contribution in [2.24, 2.45) is 11.8 Å². The highest BCUT2D eigenvalue weighted by Gasteiger charge is 2.51. The van der Waals surface area contributed by atoms with Gasteiger partial charge in [-0.3, -0.25) is 9.59 Å². The maximum Gasteiger partial charge on any atom is 0.441 e. The Kier molecular flexibility index (Phi) is 4.56. The Morgan fingerprint density at radius 2 is 2.22 bits per heavy atom. The van der Waals surface area contributed by atoms with Crippen LogP contribution in [0.5, 0.6) is 5.88 Å². The van der Waals surface area contributed by atoms with Crippen LogP contribution in [-0.2, 0) is 14.4 Å². The van der Waals surface area contributed by atoms with E-state index in [2.05, 4.69) is 19.8 Å². The Hall–Kier alpha value is -3.00. The number of nitrogens with one attached hydrogen (secondary N) is 1. The summed E-state index contributed by atoms with van der Waals surface area (Å²) in [7, 11) is 0. The molecule has 0 aliphatic carbocycles. The molecule has 1 aliphatic rings. The molecule has 2 N–H and O–H groups in total. The number of Topliss-reactive ketones (excluding diaryl/α,β-unsaturated/α-hetero) is 1. The Morgan fingerprint density at radius 3 is 2.70 bits per heavy atom. The minimum absolute atomic E-state index is 0.193. The zero-order valence-corrected chi connectivity index (χ0v) is 12.3. The van der Waals surface area contributed by atoms with E-state index in [1.54, 1.807) is 6.92 Å². The van der Waals surface area contributed by atoms with Gasteiger partial charge in [0.05, 0.1) is 12.0 Å². The van der Waals surface area contributed by atoms with Gasteiger partial charge in [0.25, 0.3) is 11.7 Å². The number of carboxylic acids is 1. The number of β-lactam (4-membered cyclic amide) rings is 1. The Balaban J connectivity index is 2.10. The average Bonchev–Trinajstić information content (AvgIpc) is 2.96. The molecule has 2 rings (SSSR count). The van der Waals surface area contributed by atoms with E-state index in [0.29, 0.717) is 0 Å². The second-order valence-corrected chi connectivity index (χ2v) is 5.13. The number of nitrogens with zero attached hydrogens (tertiary/aromatic N) is 3. The van der Waals surface area contributed by atoms with Crippen LogP contribution < -0.4 is 10.1 Å². The van der Waals surface area contributed by atoms with Crippen LogP contribution in [-0.4, -0.2) is 50.6 Å². The molecule has 0 saturated carbocycles. The lowest BCUT2D eigenvalue weighted by Gasteiger charge is -2.41. The first kappa shape index (κ1) is 16.4. The minimum atomic E-state index is -1.64. The fraction of sp³-hybridized carbons (Fsp3) is 0.462. The Labute approximate surface area is 130 Å². The van der Waals surface area contributed by atoms with Crippen molar-refractivity contribution in [3.05, 3.63) is 17.9 Å². The van der Waals surface area contributed by atoms with Crippen LogP contribution in [0.25, 0.3) is 5.53 Å². The largest absolute Gasteiger partial charge is 0.472 e. The van der Waals surface area contributed by atoms with Gasteiger partial charge in [0, 0.05) is 12.0 Å². The summed E-state index contributed by atoms with van der Waals surface area (Å²) >= 11 is 0. The maximum absolute atomic E-state index is 12.1. The molecule has 1 fully saturated rings. The van der Waals surface area contributed by atoms with Crippen LogP contribution in [0.2, 0.25) is 0 Å². The van der Waals surface area contributed by atoms with Crippen molar-refractivity contribution in [3.8, 4) is 5.88 Å². The van der Waals surface area contributed by atoms with Crippen molar-refractivity contribution in [3.63, 3.8) is 0 Å². The predicted octanol–water partition coefficient (Wildman–Crippen LogP) is -0.483. The minimum Gasteiger partial charge on any atom is -0.472 e. The van der Waals surface area contributed by atoms with Crippen molar-refractivity contribution >= 4 is 23.4 Å². The van der Waals surface area contributed by atoms with Crippen LogP contribution in [0.4, 0.5) is 0 Å². The van der Waals surface area contributed by atoms with Gasteiger partial charge < -0.3 is 25.2 Å². The second-order valence-electron chi connectivity index (χ2n) is 5.13. The molecule has 1 aromatic heterocycles. The number of ether oxygens (including phenoxy) is 1. The maximum atomic E-state index is 12.1. The number of amides is 1. The highest BCUT2D eigenvalue weighted by atomic mass is 16.5. The lowest BCUT2D eigenvalue weighted by Crippen LogP contribution is -2.66. The first-order valence-electron chi connectivity index (χ1n) is 6.73. The lowest BCUT2D eigenvalue weighted by molar-refractivity contribution is -0.144. The second kappa shape index (κ2) is 6.41. The summed E-state index contributed by atoms with van der Waals surface area (Å²) in [6.07, 6.45) is 0.692. The highest BCUT2D eigenvalue weighted by molar-refractivity contribution is 6.62. The molecule has 23 heavy (non-hydrogen) atoms. The predicted molar refractivity (Wildman–Crippen MR) is 72.4 cm³/mol. The number of carboxylic acid groups (broad SMARTS) is 1. The van der Waals surface area contributed by atoms with Gasteiger partial charge in [-0.05, 0) is 12.1 Å².